The number of aromatic nitrogens is 2. The maximum atomic E-state index is 4.95. The number of hydrogen-bond donors (Lipinski definition) is 0. The lowest BCUT2D eigenvalue weighted by molar-refractivity contribution is -0.0820. The zero-order valence-electron chi connectivity index (χ0n) is 32.7. The number of piperidine rings is 1. The molecule has 0 bridgehead atoms. The topological polar surface area (TPSA) is 29.0 Å². The molecule has 0 radical (unpaired) electrons. The Morgan fingerprint density at radius 1 is 0.920 bits per heavy atom. The van der Waals surface area contributed by atoms with E-state index < -0.39 is 0 Å². The first-order chi connectivity index (χ1) is 23.4. The van der Waals surface area contributed by atoms with Crippen molar-refractivity contribution < 1.29 is 0 Å². The van der Waals surface area contributed by atoms with Crippen molar-refractivity contribution in [3.63, 3.8) is 0 Å². The summed E-state index contributed by atoms with van der Waals surface area (Å²) in [6.07, 6.45) is 23.0. The summed E-state index contributed by atoms with van der Waals surface area (Å²) in [4.78, 5) is 12.6. The van der Waals surface area contributed by atoms with Gasteiger partial charge in [-0.2, -0.15) is 0 Å². The van der Waals surface area contributed by atoms with Crippen LogP contribution in [0.4, 0.5) is 0 Å². The molecule has 2 heterocycles. The van der Waals surface area contributed by atoms with Crippen LogP contribution in [-0.2, 0) is 6.42 Å². The molecule has 0 amide bonds. The van der Waals surface area contributed by atoms with Gasteiger partial charge in [-0.15, -0.1) is 0 Å². The number of nitrogens with zero attached hydrogens (tertiary/aromatic N) is 3. The smallest absolute Gasteiger partial charge is 0.159 e. The molecule has 276 valence electrons. The zero-order chi connectivity index (χ0) is 34.9. The van der Waals surface area contributed by atoms with E-state index in [0.29, 0.717) is 22.7 Å². The van der Waals surface area contributed by atoms with Gasteiger partial charge in [-0.25, -0.2) is 9.97 Å². The molecule has 0 N–H and O–H groups in total. The number of allylic oxidation sites excluding steroid dienone is 4. The van der Waals surface area contributed by atoms with Crippen molar-refractivity contribution in [2.75, 3.05) is 19.6 Å². The Hall–Kier alpha value is -2.00. The van der Waals surface area contributed by atoms with Gasteiger partial charge in [-0.1, -0.05) is 92.7 Å². The molecule has 5 fully saturated rings. The van der Waals surface area contributed by atoms with Gasteiger partial charge in [-0.05, 0) is 166 Å². The largest absolute Gasteiger partial charge is 0.299 e. The van der Waals surface area contributed by atoms with Gasteiger partial charge < -0.3 is 0 Å². The summed E-state index contributed by atoms with van der Waals surface area (Å²) in [6, 6.07) is 0. The zero-order valence-corrected chi connectivity index (χ0v) is 32.7. The van der Waals surface area contributed by atoms with Gasteiger partial charge in [0.2, 0.25) is 0 Å². The second kappa shape index (κ2) is 14.1. The van der Waals surface area contributed by atoms with Crippen LogP contribution in [0, 0.1) is 63.6 Å². The standard InChI is InChI=1S/C44H63N3.C2H6.CH4/c1-27(2)18-32-24-45-41(46-25-32)34-22-39-40-23-35-37-13-12-33(42(37,6)15-14-38(35)43(7,30(34)5)44(39,40)8)21-31-19-28(3)36(29(4)20-31)26-47-16-10-9-11-17-47;1-2;/h22,24-25,27,31,33,35,37-40H,3,5,9-21,23,26H2,1-2,4,6-8H3;1-2H3;1H4. The molecule has 10 unspecified atom stereocenters. The molecule has 1 aromatic heterocycles. The summed E-state index contributed by atoms with van der Waals surface area (Å²) >= 11 is 0. The lowest BCUT2D eigenvalue weighted by atomic mass is 9.44. The molecule has 3 nitrogen and oxygen atoms in total. The van der Waals surface area contributed by atoms with Gasteiger partial charge >= 0.3 is 0 Å². The van der Waals surface area contributed by atoms with Gasteiger partial charge in [-0.3, -0.25) is 4.90 Å². The summed E-state index contributed by atoms with van der Waals surface area (Å²) in [5.41, 5.74) is 9.59. The minimum Gasteiger partial charge on any atom is -0.299 e. The highest BCUT2D eigenvalue weighted by molar-refractivity contribution is 5.80. The van der Waals surface area contributed by atoms with E-state index >= 15 is 0 Å². The van der Waals surface area contributed by atoms with E-state index in [0.717, 1.165) is 54.3 Å². The first kappa shape index (κ1) is 37.7. The predicted octanol–water partition coefficient (Wildman–Crippen LogP) is 12.2. The van der Waals surface area contributed by atoms with Gasteiger partial charge in [0.25, 0.3) is 0 Å². The SMILES string of the molecule is C.C=C1CC(CC2CCC3C4CC5C6C=C(c7ncc(CC(C)C)cn7)C(=C)C(C)(C4CCC23C)C65C)CC(C)=C1CN1CCCCC1.CC. The van der Waals surface area contributed by atoms with Crippen molar-refractivity contribution in [1.29, 1.82) is 0 Å². The number of rotatable bonds is 7. The van der Waals surface area contributed by atoms with Crippen LogP contribution in [0.15, 0.2) is 53.9 Å². The van der Waals surface area contributed by atoms with Gasteiger partial charge in [0.15, 0.2) is 5.82 Å². The van der Waals surface area contributed by atoms with E-state index in [4.69, 9.17) is 23.1 Å². The second-order valence-corrected chi connectivity index (χ2v) is 18.8. The highest BCUT2D eigenvalue weighted by atomic mass is 15.1. The Bertz CT molecular complexity index is 1490. The maximum Gasteiger partial charge on any atom is 0.159 e. The van der Waals surface area contributed by atoms with Crippen molar-refractivity contribution in [3.8, 4) is 0 Å². The van der Waals surface area contributed by atoms with E-state index in [9.17, 15) is 0 Å². The molecule has 0 spiro atoms. The molecule has 50 heavy (non-hydrogen) atoms. The molecule has 1 aliphatic heterocycles. The molecular formula is C47H73N3. The molecule has 7 aliphatic rings. The summed E-state index contributed by atoms with van der Waals surface area (Å²) < 4.78 is 0. The average molecular weight is 680 g/mol. The number of hydrogen-bond acceptors (Lipinski definition) is 3. The monoisotopic (exact) mass is 680 g/mol. The third kappa shape index (κ3) is 5.87. The van der Waals surface area contributed by atoms with Crippen LogP contribution in [-0.4, -0.2) is 34.5 Å². The van der Waals surface area contributed by atoms with Crippen LogP contribution < -0.4 is 0 Å². The third-order valence-electron chi connectivity index (χ3n) is 16.2. The second-order valence-electron chi connectivity index (χ2n) is 18.8. The Labute approximate surface area is 308 Å². The summed E-state index contributed by atoms with van der Waals surface area (Å²) in [5, 5.41) is 0. The predicted molar refractivity (Wildman–Crippen MR) is 214 cm³/mol. The van der Waals surface area contributed by atoms with Crippen molar-refractivity contribution in [2.24, 2.45) is 63.6 Å². The lowest BCUT2D eigenvalue weighted by Gasteiger charge is -2.60. The van der Waals surface area contributed by atoms with E-state index in [-0.39, 0.29) is 12.8 Å². The van der Waals surface area contributed by atoms with Crippen LogP contribution in [0.1, 0.15) is 145 Å². The van der Waals surface area contributed by atoms with E-state index in [1.165, 1.54) is 106 Å². The average Bonchev–Trinajstić information content (AvgIpc) is 3.52. The molecule has 0 aromatic carbocycles. The first-order valence-electron chi connectivity index (χ1n) is 20.8. The summed E-state index contributed by atoms with van der Waals surface area (Å²) in [7, 11) is 0. The highest BCUT2D eigenvalue weighted by Crippen LogP contribution is 2.83. The molecule has 1 saturated heterocycles. The molecule has 6 aliphatic carbocycles. The van der Waals surface area contributed by atoms with E-state index in [2.05, 4.69) is 64.9 Å². The lowest BCUT2D eigenvalue weighted by Crippen LogP contribution is -2.53. The quantitative estimate of drug-likeness (QED) is 0.287. The Morgan fingerprint density at radius 3 is 2.28 bits per heavy atom. The fourth-order valence-electron chi connectivity index (χ4n) is 13.5. The first-order valence-corrected chi connectivity index (χ1v) is 20.8. The molecule has 4 saturated carbocycles. The van der Waals surface area contributed by atoms with Gasteiger partial charge in [0.1, 0.15) is 0 Å². The van der Waals surface area contributed by atoms with Crippen LogP contribution in [0.25, 0.3) is 5.57 Å². The summed E-state index contributed by atoms with van der Waals surface area (Å²) in [6.45, 7) is 32.3. The maximum absolute atomic E-state index is 4.95. The molecular weight excluding hydrogens is 607 g/mol. The molecule has 1 aromatic rings. The third-order valence-corrected chi connectivity index (χ3v) is 16.2. The van der Waals surface area contributed by atoms with Gasteiger partial charge in [0.05, 0.1) is 0 Å². The van der Waals surface area contributed by atoms with Crippen molar-refractivity contribution in [3.05, 3.63) is 65.3 Å². The summed E-state index contributed by atoms with van der Waals surface area (Å²) in [5.74, 6) is 7.09. The van der Waals surface area contributed by atoms with Crippen LogP contribution in [0.5, 0.6) is 0 Å². The van der Waals surface area contributed by atoms with Crippen LogP contribution in [0.2, 0.25) is 0 Å². The van der Waals surface area contributed by atoms with Crippen LogP contribution in [0.3, 0.4) is 0 Å². The van der Waals surface area contributed by atoms with E-state index in [1.54, 1.807) is 11.1 Å². The van der Waals surface area contributed by atoms with Gasteiger partial charge in [0, 0.05) is 29.9 Å². The fraction of sp³-hybridized carbons (Fsp3) is 0.745. The van der Waals surface area contributed by atoms with Crippen molar-refractivity contribution in [2.45, 2.75) is 140 Å². The number of likely N-dealkylation sites (tertiary alicyclic amines) is 1. The minimum absolute atomic E-state index is 0. The van der Waals surface area contributed by atoms with E-state index in [1.807, 2.05) is 13.8 Å². The van der Waals surface area contributed by atoms with Crippen molar-refractivity contribution in [1.82, 2.24) is 14.9 Å². The Kier molecular flexibility index (Phi) is 10.6. The molecule has 8 rings (SSSR count). The van der Waals surface area contributed by atoms with Crippen LogP contribution >= 0.6 is 0 Å². The molecule has 10 atom stereocenters. The normalized spacial score (nSPS) is 40.6. The Balaban J connectivity index is 0.00000142. The van der Waals surface area contributed by atoms with Crippen molar-refractivity contribution >= 4 is 5.57 Å². The number of fused-ring (bicyclic) bond motifs is 5. The Morgan fingerprint density at radius 2 is 1.62 bits per heavy atom. The minimum atomic E-state index is 0. The highest BCUT2D eigenvalue weighted by Gasteiger charge is 2.77. The molecule has 3 heteroatoms. The fourth-order valence-corrected chi connectivity index (χ4v) is 13.5.